The molecule has 1 aromatic heterocycles. The molecule has 5 heteroatoms. The van der Waals surface area contributed by atoms with Crippen molar-refractivity contribution in [2.75, 3.05) is 5.32 Å². The van der Waals surface area contributed by atoms with E-state index in [9.17, 15) is 0 Å². The molecule has 1 unspecified atom stereocenters. The normalized spacial score (nSPS) is 12.8. The van der Waals surface area contributed by atoms with E-state index < -0.39 is 0 Å². The summed E-state index contributed by atoms with van der Waals surface area (Å²) in [6, 6.07) is 0.481. The van der Waals surface area contributed by atoms with Crippen LogP contribution in [-0.2, 0) is 7.05 Å². The van der Waals surface area contributed by atoms with Crippen LogP contribution in [0.1, 0.15) is 33.1 Å². The molecule has 1 heterocycles. The highest BCUT2D eigenvalue weighted by atomic mass is 15.6. The van der Waals surface area contributed by atoms with E-state index in [4.69, 9.17) is 0 Å². The van der Waals surface area contributed by atoms with E-state index in [-0.39, 0.29) is 0 Å². The van der Waals surface area contributed by atoms with E-state index in [1.807, 2.05) is 7.05 Å². The molecule has 5 nitrogen and oxygen atoms in total. The minimum absolute atomic E-state index is 0.481. The van der Waals surface area contributed by atoms with Gasteiger partial charge >= 0.3 is 0 Å². The molecule has 0 amide bonds. The van der Waals surface area contributed by atoms with Gasteiger partial charge in [0, 0.05) is 13.1 Å². The van der Waals surface area contributed by atoms with Gasteiger partial charge in [-0.25, -0.2) is 4.68 Å². The van der Waals surface area contributed by atoms with Gasteiger partial charge < -0.3 is 5.32 Å². The van der Waals surface area contributed by atoms with E-state index in [1.165, 1.54) is 6.42 Å². The average molecular weight is 183 g/mol. The Balaban J connectivity index is 2.51. The Morgan fingerprint density at radius 1 is 1.46 bits per heavy atom. The van der Waals surface area contributed by atoms with Gasteiger partial charge in [-0.05, 0) is 23.3 Å². The Hall–Kier alpha value is -1.13. The second-order valence-corrected chi connectivity index (χ2v) is 3.16. The van der Waals surface area contributed by atoms with Crippen molar-refractivity contribution in [3.63, 3.8) is 0 Å². The van der Waals surface area contributed by atoms with Crippen molar-refractivity contribution in [2.24, 2.45) is 7.05 Å². The van der Waals surface area contributed by atoms with E-state index >= 15 is 0 Å². The second-order valence-electron chi connectivity index (χ2n) is 3.16. The highest BCUT2D eigenvalue weighted by molar-refractivity contribution is 5.22. The number of hydrogen-bond donors (Lipinski definition) is 1. The molecule has 0 aliphatic rings. The highest BCUT2D eigenvalue weighted by Gasteiger charge is 2.08. The van der Waals surface area contributed by atoms with Crippen LogP contribution < -0.4 is 5.32 Å². The molecule has 0 aliphatic carbocycles. The van der Waals surface area contributed by atoms with Crippen LogP contribution in [-0.4, -0.2) is 26.2 Å². The van der Waals surface area contributed by atoms with Crippen molar-refractivity contribution in [2.45, 2.75) is 39.2 Å². The van der Waals surface area contributed by atoms with Gasteiger partial charge in [0.1, 0.15) is 0 Å². The minimum atomic E-state index is 0.481. The first kappa shape index (κ1) is 9.95. The van der Waals surface area contributed by atoms with Gasteiger partial charge in [0.15, 0.2) is 0 Å². The van der Waals surface area contributed by atoms with E-state index in [0.29, 0.717) is 6.04 Å². The van der Waals surface area contributed by atoms with Crippen LogP contribution in [0.15, 0.2) is 0 Å². The summed E-state index contributed by atoms with van der Waals surface area (Å²) in [6.07, 6.45) is 3.43. The predicted molar refractivity (Wildman–Crippen MR) is 51.4 cm³/mol. The lowest BCUT2D eigenvalue weighted by atomic mass is 10.1. The fourth-order valence-corrected chi connectivity index (χ4v) is 1.26. The number of tetrazole rings is 1. The molecule has 0 radical (unpaired) electrons. The first-order valence-corrected chi connectivity index (χ1v) is 4.76. The van der Waals surface area contributed by atoms with Gasteiger partial charge in [0.25, 0.3) is 0 Å². The summed E-state index contributed by atoms with van der Waals surface area (Å²) in [7, 11) is 1.83. The summed E-state index contributed by atoms with van der Waals surface area (Å²) >= 11 is 0. The molecule has 74 valence electrons. The Labute approximate surface area is 78.5 Å². The number of rotatable bonds is 5. The zero-order valence-corrected chi connectivity index (χ0v) is 8.49. The lowest BCUT2D eigenvalue weighted by Crippen LogP contribution is -2.20. The largest absolute Gasteiger partial charge is 0.350 e. The maximum Gasteiger partial charge on any atom is 0.242 e. The van der Waals surface area contributed by atoms with Gasteiger partial charge in [-0.1, -0.05) is 25.4 Å². The third-order valence-corrected chi connectivity index (χ3v) is 2.08. The first-order chi connectivity index (χ1) is 6.27. The third-order valence-electron chi connectivity index (χ3n) is 2.08. The van der Waals surface area contributed by atoms with Crippen LogP contribution in [0.25, 0.3) is 0 Å². The summed E-state index contributed by atoms with van der Waals surface area (Å²) in [5.74, 6) is 0.750. The molecular formula is C8H17N5. The van der Waals surface area contributed by atoms with Crippen LogP contribution in [0.3, 0.4) is 0 Å². The van der Waals surface area contributed by atoms with Crippen molar-refractivity contribution in [1.82, 2.24) is 20.2 Å². The van der Waals surface area contributed by atoms with E-state index in [1.54, 1.807) is 4.68 Å². The molecule has 0 saturated carbocycles. The van der Waals surface area contributed by atoms with Crippen LogP contribution in [0.5, 0.6) is 0 Å². The standard InChI is InChI=1S/C8H17N5/c1-4-6-7(5-2)9-8-10-11-12-13(8)3/h7H,4-6H2,1-3H3,(H,9,10,12). The number of aromatic nitrogens is 4. The van der Waals surface area contributed by atoms with Crippen molar-refractivity contribution in [3.05, 3.63) is 0 Å². The summed E-state index contributed by atoms with van der Waals surface area (Å²) in [5.41, 5.74) is 0. The molecule has 0 spiro atoms. The molecule has 0 fully saturated rings. The molecule has 13 heavy (non-hydrogen) atoms. The molecule has 1 atom stereocenters. The highest BCUT2D eigenvalue weighted by Crippen LogP contribution is 2.07. The van der Waals surface area contributed by atoms with Crippen LogP contribution in [0.4, 0.5) is 5.95 Å². The Morgan fingerprint density at radius 2 is 2.23 bits per heavy atom. The van der Waals surface area contributed by atoms with Crippen LogP contribution in [0.2, 0.25) is 0 Å². The monoisotopic (exact) mass is 183 g/mol. The van der Waals surface area contributed by atoms with E-state index in [2.05, 4.69) is 34.7 Å². The number of hydrogen-bond acceptors (Lipinski definition) is 4. The van der Waals surface area contributed by atoms with Crippen molar-refractivity contribution < 1.29 is 0 Å². The van der Waals surface area contributed by atoms with Crippen molar-refractivity contribution in [1.29, 1.82) is 0 Å². The number of anilines is 1. The lowest BCUT2D eigenvalue weighted by Gasteiger charge is -2.15. The van der Waals surface area contributed by atoms with Crippen LogP contribution in [0, 0.1) is 0 Å². The second kappa shape index (κ2) is 4.79. The summed E-state index contributed by atoms with van der Waals surface area (Å²) < 4.78 is 1.65. The Morgan fingerprint density at radius 3 is 2.69 bits per heavy atom. The average Bonchev–Trinajstić information content (AvgIpc) is 2.51. The molecule has 0 saturated heterocycles. The van der Waals surface area contributed by atoms with Gasteiger partial charge in [0.2, 0.25) is 5.95 Å². The Kier molecular flexibility index (Phi) is 3.67. The summed E-state index contributed by atoms with van der Waals surface area (Å²) in [4.78, 5) is 0. The summed E-state index contributed by atoms with van der Waals surface area (Å²) in [5, 5.41) is 14.5. The molecule has 1 aromatic rings. The number of nitrogens with one attached hydrogen (secondary N) is 1. The molecule has 1 rings (SSSR count). The third kappa shape index (κ3) is 2.68. The zero-order valence-electron chi connectivity index (χ0n) is 8.49. The SMILES string of the molecule is CCCC(CC)Nc1nnnn1C. The molecule has 0 bridgehead atoms. The topological polar surface area (TPSA) is 55.6 Å². The molecule has 1 N–H and O–H groups in total. The minimum Gasteiger partial charge on any atom is -0.350 e. The van der Waals surface area contributed by atoms with Gasteiger partial charge in [-0.15, -0.1) is 0 Å². The van der Waals surface area contributed by atoms with Gasteiger partial charge in [-0.3, -0.25) is 0 Å². The smallest absolute Gasteiger partial charge is 0.242 e. The van der Waals surface area contributed by atoms with E-state index in [0.717, 1.165) is 18.8 Å². The lowest BCUT2D eigenvalue weighted by molar-refractivity contribution is 0.609. The van der Waals surface area contributed by atoms with Crippen molar-refractivity contribution in [3.8, 4) is 0 Å². The predicted octanol–water partition coefficient (Wildman–Crippen LogP) is 1.20. The molecular weight excluding hydrogens is 166 g/mol. The zero-order chi connectivity index (χ0) is 9.68. The maximum atomic E-state index is 3.88. The number of aryl methyl sites for hydroxylation is 1. The van der Waals surface area contributed by atoms with Gasteiger partial charge in [-0.2, -0.15) is 0 Å². The first-order valence-electron chi connectivity index (χ1n) is 4.76. The number of nitrogens with zero attached hydrogens (tertiary/aromatic N) is 4. The Bertz CT molecular complexity index is 244. The fraction of sp³-hybridized carbons (Fsp3) is 0.875. The quantitative estimate of drug-likeness (QED) is 0.745. The van der Waals surface area contributed by atoms with Crippen molar-refractivity contribution >= 4 is 5.95 Å². The summed E-state index contributed by atoms with van der Waals surface area (Å²) in [6.45, 7) is 4.34. The van der Waals surface area contributed by atoms with Gasteiger partial charge in [0.05, 0.1) is 0 Å². The molecule has 0 aliphatic heterocycles. The molecule has 0 aromatic carbocycles. The maximum absolute atomic E-state index is 3.88. The fourth-order valence-electron chi connectivity index (χ4n) is 1.26. The van der Waals surface area contributed by atoms with Crippen LogP contribution >= 0.6 is 0 Å².